The van der Waals surface area contributed by atoms with Gasteiger partial charge in [-0.25, -0.2) is 0 Å². The fourth-order valence-electron chi connectivity index (χ4n) is 8.11. The third kappa shape index (κ3) is 3.69. The van der Waals surface area contributed by atoms with E-state index < -0.39 is 11.2 Å². The van der Waals surface area contributed by atoms with Crippen molar-refractivity contribution < 1.29 is 10.2 Å². The second-order valence-electron chi connectivity index (χ2n) is 12.4. The average molecular weight is 646 g/mol. The van der Waals surface area contributed by atoms with Crippen LogP contribution in [-0.4, -0.2) is 10.2 Å². The maximum atomic E-state index is 13.7. The van der Waals surface area contributed by atoms with Gasteiger partial charge in [0, 0.05) is 21.5 Å². The van der Waals surface area contributed by atoms with Crippen LogP contribution in [0, 0.1) is 5.92 Å². The van der Waals surface area contributed by atoms with Crippen molar-refractivity contribution in [3.8, 4) is 0 Å². The van der Waals surface area contributed by atoms with E-state index in [-0.39, 0.29) is 5.92 Å². The largest absolute Gasteiger partial charge is 0.380 e. The van der Waals surface area contributed by atoms with Crippen LogP contribution in [0.2, 0.25) is 0 Å². The normalized spacial score (nSPS) is 21.9. The molecule has 0 aromatic heterocycles. The Hall–Kier alpha value is -4.54. The zero-order valence-corrected chi connectivity index (χ0v) is 26.0. The summed E-state index contributed by atoms with van der Waals surface area (Å²) in [6.45, 7) is 0. The van der Waals surface area contributed by atoms with Gasteiger partial charge in [-0.3, -0.25) is 0 Å². The van der Waals surface area contributed by atoms with Gasteiger partial charge in [-0.15, -0.1) is 0 Å². The Morgan fingerprint density at radius 3 is 1.93 bits per heavy atom. The maximum Gasteiger partial charge on any atom is 0.141 e. The van der Waals surface area contributed by atoms with Crippen LogP contribution in [0.25, 0.3) is 44.5 Å². The molecular formula is C42H29BrO2. The number of hydrogen-bond acceptors (Lipinski definition) is 2. The summed E-state index contributed by atoms with van der Waals surface area (Å²) >= 11 is 3.74. The highest BCUT2D eigenvalue weighted by Crippen LogP contribution is 2.58. The summed E-state index contributed by atoms with van der Waals surface area (Å²) in [7, 11) is 0. The molecule has 0 bridgehead atoms. The predicted molar refractivity (Wildman–Crippen MR) is 187 cm³/mol. The summed E-state index contributed by atoms with van der Waals surface area (Å²) in [6, 6.07) is 45.5. The standard InChI is InChI=1S/C42H29BrO2/c43-32-21-22-37-38(25-32)42(45,31-20-18-27-10-2-4-12-29(27)24-31)40-36-16-8-6-14-34(36)33-13-5-7-15-35(33)39(40)41(37,44)30-19-17-26-9-1-3-11-28(26)23-30/h1-19,21-25,31,44-45H,20H2. The fraction of sp³-hybridized carbons (Fsp3) is 0.0952. The summed E-state index contributed by atoms with van der Waals surface area (Å²) in [6.07, 6.45) is 5.13. The zero-order valence-electron chi connectivity index (χ0n) is 24.4. The average Bonchev–Trinajstić information content (AvgIpc) is 3.09. The molecule has 7 aromatic carbocycles. The first-order chi connectivity index (χ1) is 22.0. The Morgan fingerprint density at radius 1 is 0.556 bits per heavy atom. The van der Waals surface area contributed by atoms with Crippen molar-refractivity contribution in [2.45, 2.75) is 17.6 Å². The molecule has 3 heteroatoms. The van der Waals surface area contributed by atoms with E-state index in [1.165, 1.54) is 5.22 Å². The molecule has 9 rings (SSSR count). The number of rotatable bonds is 2. The summed E-state index contributed by atoms with van der Waals surface area (Å²) in [5.41, 5.74) is 0.729. The van der Waals surface area contributed by atoms with Gasteiger partial charge in [-0.2, -0.15) is 0 Å². The molecular weight excluding hydrogens is 616 g/mol. The van der Waals surface area contributed by atoms with Crippen LogP contribution in [-0.2, 0) is 11.2 Å². The lowest BCUT2D eigenvalue weighted by Gasteiger charge is -2.49. The van der Waals surface area contributed by atoms with Crippen molar-refractivity contribution in [1.82, 2.24) is 0 Å². The number of hydrogen-bond donors (Lipinski definition) is 2. The molecule has 2 N–H and O–H groups in total. The summed E-state index contributed by atoms with van der Waals surface area (Å²) in [5, 5.41) is 35.7. The van der Waals surface area contributed by atoms with Crippen LogP contribution in [0.1, 0.15) is 34.2 Å². The highest BCUT2D eigenvalue weighted by Gasteiger charge is 2.54. The molecule has 0 saturated carbocycles. The molecule has 0 radical (unpaired) electrons. The Labute approximate surface area is 269 Å². The SMILES string of the molecule is OC1(c2ccc3ccccc3c2)c2ccc(Br)cc2C(O)(C2C=c3ccccc3=CC2)c2c1c1ccccc1c1ccccc21. The lowest BCUT2D eigenvalue weighted by Crippen LogP contribution is -2.48. The van der Waals surface area contributed by atoms with Crippen LogP contribution in [0.4, 0.5) is 0 Å². The minimum Gasteiger partial charge on any atom is -0.380 e. The van der Waals surface area contributed by atoms with Crippen LogP contribution < -0.4 is 10.4 Å². The zero-order chi connectivity index (χ0) is 30.3. The Morgan fingerprint density at radius 2 is 1.18 bits per heavy atom. The van der Waals surface area contributed by atoms with Gasteiger partial charge < -0.3 is 10.2 Å². The molecule has 2 aliphatic carbocycles. The molecule has 0 heterocycles. The van der Waals surface area contributed by atoms with E-state index in [4.69, 9.17) is 0 Å². The van der Waals surface area contributed by atoms with Gasteiger partial charge >= 0.3 is 0 Å². The molecule has 2 nitrogen and oxygen atoms in total. The molecule has 2 aliphatic rings. The molecule has 0 aliphatic heterocycles. The molecule has 0 amide bonds. The summed E-state index contributed by atoms with van der Waals surface area (Å²) in [4.78, 5) is 0. The molecule has 45 heavy (non-hydrogen) atoms. The van der Waals surface area contributed by atoms with Gasteiger partial charge in [0.2, 0.25) is 0 Å². The Balaban J connectivity index is 1.49. The van der Waals surface area contributed by atoms with E-state index in [1.807, 2.05) is 48.5 Å². The third-order valence-electron chi connectivity index (χ3n) is 10.1. The van der Waals surface area contributed by atoms with E-state index in [0.29, 0.717) is 12.0 Å². The van der Waals surface area contributed by atoms with Crippen LogP contribution in [0.3, 0.4) is 0 Å². The Bertz CT molecular complexity index is 2480. The van der Waals surface area contributed by atoms with Gasteiger partial charge in [0.15, 0.2) is 0 Å². The third-order valence-corrected chi connectivity index (χ3v) is 10.6. The van der Waals surface area contributed by atoms with Crippen LogP contribution >= 0.6 is 15.9 Å². The molecule has 0 fully saturated rings. The van der Waals surface area contributed by atoms with Crippen LogP contribution in [0.15, 0.2) is 138 Å². The molecule has 3 atom stereocenters. The van der Waals surface area contributed by atoms with Gasteiger partial charge in [-0.1, -0.05) is 143 Å². The summed E-state index contributed by atoms with van der Waals surface area (Å²) in [5.74, 6) is -0.273. The molecule has 0 saturated heterocycles. The number of aliphatic hydroxyl groups is 2. The van der Waals surface area contributed by atoms with Gasteiger partial charge in [0.1, 0.15) is 11.2 Å². The van der Waals surface area contributed by atoms with Crippen molar-refractivity contribution in [2.75, 3.05) is 0 Å². The number of halogens is 1. The van der Waals surface area contributed by atoms with Crippen molar-refractivity contribution >= 4 is 60.4 Å². The van der Waals surface area contributed by atoms with E-state index in [0.717, 1.165) is 64.3 Å². The van der Waals surface area contributed by atoms with E-state index in [2.05, 4.69) is 113 Å². The van der Waals surface area contributed by atoms with Crippen LogP contribution in [0.5, 0.6) is 0 Å². The van der Waals surface area contributed by atoms with Crippen molar-refractivity contribution in [3.63, 3.8) is 0 Å². The second-order valence-corrected chi connectivity index (χ2v) is 13.3. The first-order valence-electron chi connectivity index (χ1n) is 15.4. The minimum absolute atomic E-state index is 0.273. The Kier molecular flexibility index (Phi) is 5.80. The van der Waals surface area contributed by atoms with E-state index in [9.17, 15) is 10.2 Å². The van der Waals surface area contributed by atoms with Gasteiger partial charge in [-0.05, 0) is 84.1 Å². The monoisotopic (exact) mass is 644 g/mol. The highest BCUT2D eigenvalue weighted by molar-refractivity contribution is 9.10. The minimum atomic E-state index is -1.54. The fourth-order valence-corrected chi connectivity index (χ4v) is 8.47. The second kappa shape index (κ2) is 9.73. The van der Waals surface area contributed by atoms with Gasteiger partial charge in [0.25, 0.3) is 0 Å². The summed E-state index contributed by atoms with van der Waals surface area (Å²) < 4.78 is 0.856. The maximum absolute atomic E-state index is 13.7. The smallest absolute Gasteiger partial charge is 0.141 e. The van der Waals surface area contributed by atoms with E-state index >= 15 is 0 Å². The number of fused-ring (bicyclic) bond motifs is 9. The topological polar surface area (TPSA) is 40.5 Å². The highest BCUT2D eigenvalue weighted by atomic mass is 79.9. The molecule has 216 valence electrons. The van der Waals surface area contributed by atoms with Crippen molar-refractivity contribution in [3.05, 3.63) is 176 Å². The lowest BCUT2D eigenvalue weighted by atomic mass is 9.59. The molecule has 0 spiro atoms. The molecule has 3 unspecified atom stereocenters. The lowest BCUT2D eigenvalue weighted by molar-refractivity contribution is 0.0228. The number of benzene rings is 7. The molecule has 7 aromatic rings. The van der Waals surface area contributed by atoms with Crippen molar-refractivity contribution in [2.24, 2.45) is 5.92 Å². The quantitative estimate of drug-likeness (QED) is 0.187. The first kappa shape index (κ1) is 26.8. The predicted octanol–water partition coefficient (Wildman–Crippen LogP) is 8.02. The first-order valence-corrected chi connectivity index (χ1v) is 16.2. The van der Waals surface area contributed by atoms with Crippen molar-refractivity contribution in [1.29, 1.82) is 0 Å². The van der Waals surface area contributed by atoms with Gasteiger partial charge in [0.05, 0.1) is 0 Å². The van der Waals surface area contributed by atoms with E-state index in [1.54, 1.807) is 0 Å².